The number of hydrogen-bond donors (Lipinski definition) is 0. The van der Waals surface area contributed by atoms with Gasteiger partial charge in [0.25, 0.3) is 0 Å². The summed E-state index contributed by atoms with van der Waals surface area (Å²) in [5, 5.41) is 0. The summed E-state index contributed by atoms with van der Waals surface area (Å²) in [6.45, 7) is 6.71. The summed E-state index contributed by atoms with van der Waals surface area (Å²) in [6.07, 6.45) is 3.43. The number of halogens is 1. The number of hydrogen-bond acceptors (Lipinski definition) is 3. The van der Waals surface area contributed by atoms with Crippen LogP contribution in [-0.2, 0) is 0 Å². The highest BCUT2D eigenvalue weighted by molar-refractivity contribution is 5.97. The van der Waals surface area contributed by atoms with Crippen molar-refractivity contribution in [1.29, 1.82) is 0 Å². The third kappa shape index (κ3) is 3.43. The highest BCUT2D eigenvalue weighted by Gasteiger charge is 2.35. The molecule has 0 aromatic heterocycles. The van der Waals surface area contributed by atoms with Crippen molar-refractivity contribution in [1.82, 2.24) is 4.90 Å². The van der Waals surface area contributed by atoms with Crippen LogP contribution in [0.3, 0.4) is 0 Å². The van der Waals surface area contributed by atoms with Gasteiger partial charge in [0.2, 0.25) is 0 Å². The zero-order valence-electron chi connectivity index (χ0n) is 13.1. The number of carbonyl (C=O) groups is 1. The van der Waals surface area contributed by atoms with Gasteiger partial charge in [0.1, 0.15) is 0 Å². The topological polar surface area (TPSA) is 29.5 Å². The number of nitrogens with zero attached hydrogens (tertiary/aromatic N) is 1. The number of Topliss-reactive ketones (excluding diaryl/α,β-unsaturated/α-hetero) is 1. The second-order valence-electron chi connectivity index (χ2n) is 5.94. The van der Waals surface area contributed by atoms with Crippen LogP contribution >= 0.6 is 0 Å². The summed E-state index contributed by atoms with van der Waals surface area (Å²) in [7, 11) is 1.42. The van der Waals surface area contributed by atoms with E-state index < -0.39 is 5.82 Å². The molecule has 1 aliphatic rings. The first-order valence-corrected chi connectivity index (χ1v) is 7.62. The van der Waals surface area contributed by atoms with Crippen molar-refractivity contribution < 1.29 is 13.9 Å². The van der Waals surface area contributed by atoms with Gasteiger partial charge in [-0.25, -0.2) is 4.39 Å². The summed E-state index contributed by atoms with van der Waals surface area (Å²) < 4.78 is 18.5. The smallest absolute Gasteiger partial charge is 0.176 e. The first-order chi connectivity index (χ1) is 10.0. The second kappa shape index (κ2) is 6.56. The monoisotopic (exact) mass is 293 g/mol. The first kappa shape index (κ1) is 16.0. The fraction of sp³-hybridized carbons (Fsp3) is 0.588. The number of methoxy groups -OCH3 is 1. The lowest BCUT2D eigenvalue weighted by atomic mass is 9.82. The standard InChI is InChI=1S/C17H24FNO2/c1-4-17(5-2)8-9-19(12-17)11-15(20)13-6-7-16(21-3)14(18)10-13/h6-7,10H,4-5,8-9,11-12H2,1-3H3. The van der Waals surface area contributed by atoms with E-state index in [0.29, 0.717) is 17.5 Å². The van der Waals surface area contributed by atoms with E-state index in [1.54, 1.807) is 6.07 Å². The highest BCUT2D eigenvalue weighted by atomic mass is 19.1. The largest absolute Gasteiger partial charge is 0.494 e. The molecule has 0 aliphatic carbocycles. The number of carbonyl (C=O) groups excluding carboxylic acids is 1. The van der Waals surface area contributed by atoms with Crippen molar-refractivity contribution in [2.45, 2.75) is 33.1 Å². The molecule has 3 nitrogen and oxygen atoms in total. The Morgan fingerprint density at radius 1 is 1.38 bits per heavy atom. The average molecular weight is 293 g/mol. The molecule has 4 heteroatoms. The Bertz CT molecular complexity index is 512. The summed E-state index contributed by atoms with van der Waals surface area (Å²) in [6, 6.07) is 4.41. The van der Waals surface area contributed by atoms with Crippen molar-refractivity contribution in [2.75, 3.05) is 26.7 Å². The Labute approximate surface area is 126 Å². The molecule has 2 rings (SSSR count). The zero-order chi connectivity index (χ0) is 15.5. The van der Waals surface area contributed by atoms with Gasteiger partial charge in [-0.15, -0.1) is 0 Å². The van der Waals surface area contributed by atoms with Gasteiger partial charge in [-0.2, -0.15) is 0 Å². The van der Waals surface area contributed by atoms with E-state index in [2.05, 4.69) is 18.7 Å². The zero-order valence-corrected chi connectivity index (χ0v) is 13.1. The molecule has 0 amide bonds. The summed E-state index contributed by atoms with van der Waals surface area (Å²) >= 11 is 0. The van der Waals surface area contributed by atoms with Gasteiger partial charge in [0, 0.05) is 12.1 Å². The molecular formula is C17H24FNO2. The van der Waals surface area contributed by atoms with Crippen LogP contribution in [0.4, 0.5) is 4.39 Å². The number of ether oxygens (including phenoxy) is 1. The highest BCUT2D eigenvalue weighted by Crippen LogP contribution is 2.36. The fourth-order valence-corrected chi connectivity index (χ4v) is 3.12. The molecule has 1 aromatic carbocycles. The van der Waals surface area contributed by atoms with Crippen LogP contribution in [0.15, 0.2) is 18.2 Å². The summed E-state index contributed by atoms with van der Waals surface area (Å²) in [5.41, 5.74) is 0.768. The predicted molar refractivity (Wildman–Crippen MR) is 81.4 cm³/mol. The van der Waals surface area contributed by atoms with Crippen molar-refractivity contribution in [2.24, 2.45) is 5.41 Å². The molecule has 21 heavy (non-hydrogen) atoms. The SMILES string of the molecule is CCC1(CC)CCN(CC(=O)c2ccc(OC)c(F)c2)C1. The van der Waals surface area contributed by atoms with Gasteiger partial charge in [-0.1, -0.05) is 13.8 Å². The first-order valence-electron chi connectivity index (χ1n) is 7.62. The minimum Gasteiger partial charge on any atom is -0.494 e. The molecule has 0 saturated carbocycles. The molecule has 1 heterocycles. The van der Waals surface area contributed by atoms with Crippen LogP contribution in [0, 0.1) is 11.2 Å². The van der Waals surface area contributed by atoms with Crippen LogP contribution in [-0.4, -0.2) is 37.4 Å². The van der Waals surface area contributed by atoms with E-state index in [4.69, 9.17) is 4.74 Å². The minimum absolute atomic E-state index is 0.0282. The Morgan fingerprint density at radius 3 is 2.62 bits per heavy atom. The maximum absolute atomic E-state index is 13.7. The quantitative estimate of drug-likeness (QED) is 0.751. The molecule has 1 fully saturated rings. The summed E-state index contributed by atoms with van der Waals surface area (Å²) in [5.74, 6) is -0.343. The van der Waals surface area contributed by atoms with Gasteiger partial charge < -0.3 is 4.74 Å². The molecule has 1 aromatic rings. The maximum atomic E-state index is 13.7. The van der Waals surface area contributed by atoms with Crippen LogP contribution in [0.25, 0.3) is 0 Å². The maximum Gasteiger partial charge on any atom is 0.176 e. The molecule has 0 atom stereocenters. The number of benzene rings is 1. The Balaban J connectivity index is 2.01. The Hall–Kier alpha value is -1.42. The normalized spacial score (nSPS) is 17.9. The van der Waals surface area contributed by atoms with Crippen molar-refractivity contribution in [3.8, 4) is 5.75 Å². The van der Waals surface area contributed by atoms with Crippen molar-refractivity contribution >= 4 is 5.78 Å². The number of likely N-dealkylation sites (tertiary alicyclic amines) is 1. The van der Waals surface area contributed by atoms with E-state index in [9.17, 15) is 9.18 Å². The second-order valence-corrected chi connectivity index (χ2v) is 5.94. The number of ketones is 1. The van der Waals surface area contributed by atoms with Crippen LogP contribution < -0.4 is 4.74 Å². The van der Waals surface area contributed by atoms with Crippen molar-refractivity contribution in [3.63, 3.8) is 0 Å². The third-order valence-electron chi connectivity index (χ3n) is 4.86. The Kier molecular flexibility index (Phi) is 4.99. The molecule has 0 spiro atoms. The fourth-order valence-electron chi connectivity index (χ4n) is 3.12. The van der Waals surface area contributed by atoms with Gasteiger partial charge in [-0.3, -0.25) is 9.69 Å². The molecular weight excluding hydrogens is 269 g/mol. The minimum atomic E-state index is -0.485. The van der Waals surface area contributed by atoms with E-state index in [0.717, 1.165) is 32.4 Å². The molecule has 0 bridgehead atoms. The van der Waals surface area contributed by atoms with E-state index >= 15 is 0 Å². The van der Waals surface area contributed by atoms with E-state index in [1.165, 1.54) is 19.2 Å². The van der Waals surface area contributed by atoms with Crippen LogP contribution in [0.1, 0.15) is 43.5 Å². The third-order valence-corrected chi connectivity index (χ3v) is 4.86. The molecule has 1 saturated heterocycles. The van der Waals surface area contributed by atoms with E-state index in [1.807, 2.05) is 0 Å². The van der Waals surface area contributed by atoms with E-state index in [-0.39, 0.29) is 11.5 Å². The van der Waals surface area contributed by atoms with Gasteiger partial charge in [0.15, 0.2) is 17.3 Å². The lowest BCUT2D eigenvalue weighted by Crippen LogP contribution is -2.31. The molecule has 0 unspecified atom stereocenters. The van der Waals surface area contributed by atoms with Crippen LogP contribution in [0.2, 0.25) is 0 Å². The Morgan fingerprint density at radius 2 is 2.10 bits per heavy atom. The van der Waals surface area contributed by atoms with Gasteiger partial charge in [0.05, 0.1) is 13.7 Å². The predicted octanol–water partition coefficient (Wildman–Crippen LogP) is 3.53. The number of rotatable bonds is 6. The average Bonchev–Trinajstić information content (AvgIpc) is 2.91. The molecule has 116 valence electrons. The molecule has 1 aliphatic heterocycles. The van der Waals surface area contributed by atoms with Crippen molar-refractivity contribution in [3.05, 3.63) is 29.6 Å². The van der Waals surface area contributed by atoms with Gasteiger partial charge in [-0.05, 0) is 49.4 Å². The summed E-state index contributed by atoms with van der Waals surface area (Å²) in [4.78, 5) is 14.5. The molecule has 0 N–H and O–H groups in total. The van der Waals surface area contributed by atoms with Gasteiger partial charge >= 0.3 is 0 Å². The lowest BCUT2D eigenvalue weighted by molar-refractivity contribution is 0.0936. The van der Waals surface area contributed by atoms with Crippen LogP contribution in [0.5, 0.6) is 5.75 Å². The molecule has 0 radical (unpaired) electrons. The lowest BCUT2D eigenvalue weighted by Gasteiger charge is -2.26.